The number of benzene rings is 3. The summed E-state index contributed by atoms with van der Waals surface area (Å²) in [7, 11) is 2.96. The van der Waals surface area contributed by atoms with Crippen molar-refractivity contribution in [2.45, 2.75) is 31.7 Å². The topological polar surface area (TPSA) is 80.7 Å². The van der Waals surface area contributed by atoms with Gasteiger partial charge >= 0.3 is 5.97 Å². The van der Waals surface area contributed by atoms with Crippen LogP contribution in [0, 0.1) is 11.7 Å². The van der Waals surface area contributed by atoms with E-state index >= 15 is 0 Å². The fourth-order valence-corrected chi connectivity index (χ4v) is 6.03. The van der Waals surface area contributed by atoms with Crippen LogP contribution in [0.1, 0.15) is 42.9 Å². The zero-order valence-corrected chi connectivity index (χ0v) is 23.7. The molecule has 0 amide bonds. The summed E-state index contributed by atoms with van der Waals surface area (Å²) in [5.74, 6) is -1.03. The van der Waals surface area contributed by atoms with E-state index in [1.54, 1.807) is 19.2 Å². The molecule has 8 nitrogen and oxygen atoms in total. The van der Waals surface area contributed by atoms with Gasteiger partial charge in [0.2, 0.25) is 12.5 Å². The molecule has 2 aliphatic heterocycles. The molecule has 0 bridgehead atoms. The Bertz CT molecular complexity index is 1350. The van der Waals surface area contributed by atoms with Gasteiger partial charge in [0.25, 0.3) is 0 Å². The van der Waals surface area contributed by atoms with Gasteiger partial charge in [-0.15, -0.1) is 0 Å². The number of carboxylic acids is 1. The predicted octanol–water partition coefficient (Wildman–Crippen LogP) is 5.72. The van der Waals surface area contributed by atoms with Crippen LogP contribution in [-0.4, -0.2) is 63.2 Å². The van der Waals surface area contributed by atoms with Crippen LogP contribution in [0.25, 0.3) is 0 Å². The lowest BCUT2D eigenvalue weighted by Gasteiger charge is -2.31. The number of halogens is 1. The molecular formula is C32H37FN2O6. The van der Waals surface area contributed by atoms with Crippen LogP contribution < -0.4 is 23.8 Å². The first kappa shape index (κ1) is 28.5. The van der Waals surface area contributed by atoms with Gasteiger partial charge in [0.1, 0.15) is 0 Å². The Labute approximate surface area is 240 Å². The van der Waals surface area contributed by atoms with E-state index < -0.39 is 29.7 Å². The van der Waals surface area contributed by atoms with Crippen LogP contribution in [0.15, 0.2) is 60.7 Å². The van der Waals surface area contributed by atoms with Crippen LogP contribution in [-0.2, 0) is 4.79 Å². The largest absolute Gasteiger partial charge is 0.494 e. The average Bonchev–Trinajstić information content (AvgIpc) is 3.62. The van der Waals surface area contributed by atoms with Crippen LogP contribution in [0.2, 0.25) is 0 Å². The molecule has 218 valence electrons. The van der Waals surface area contributed by atoms with Crippen molar-refractivity contribution in [1.29, 1.82) is 0 Å². The van der Waals surface area contributed by atoms with E-state index in [1.165, 1.54) is 13.2 Å². The van der Waals surface area contributed by atoms with Crippen molar-refractivity contribution < 1.29 is 33.2 Å². The molecule has 1 saturated heterocycles. The minimum atomic E-state index is -0.943. The zero-order valence-electron chi connectivity index (χ0n) is 23.7. The number of fused-ring (bicyclic) bond motifs is 1. The van der Waals surface area contributed by atoms with Gasteiger partial charge in [-0.05, 0) is 53.9 Å². The van der Waals surface area contributed by atoms with Crippen molar-refractivity contribution in [2.75, 3.05) is 52.1 Å². The maximum absolute atomic E-state index is 15.0. The maximum Gasteiger partial charge on any atom is 0.309 e. The lowest BCUT2D eigenvalue weighted by atomic mass is 9.82. The smallest absolute Gasteiger partial charge is 0.309 e. The van der Waals surface area contributed by atoms with Gasteiger partial charge in [0, 0.05) is 43.8 Å². The highest BCUT2D eigenvalue weighted by Gasteiger charge is 2.48. The maximum atomic E-state index is 15.0. The highest BCUT2D eigenvalue weighted by molar-refractivity contribution is 5.74. The van der Waals surface area contributed by atoms with E-state index in [2.05, 4.69) is 28.9 Å². The number of para-hydroxylation sites is 1. The molecule has 0 aliphatic carbocycles. The molecule has 5 rings (SSSR count). The molecule has 0 saturated carbocycles. The number of carboxylic acid groups (broad SMARTS) is 1. The number of methoxy groups -OCH3 is 2. The Kier molecular flexibility index (Phi) is 8.83. The third-order valence-corrected chi connectivity index (χ3v) is 8.07. The number of likely N-dealkylation sites (tertiary alicyclic amines) is 1. The number of rotatable bonds is 12. The molecule has 0 radical (unpaired) electrons. The van der Waals surface area contributed by atoms with Crippen LogP contribution in [0.5, 0.6) is 23.0 Å². The molecule has 0 aromatic heterocycles. The van der Waals surface area contributed by atoms with Crippen molar-refractivity contribution in [2.24, 2.45) is 5.92 Å². The Hall–Kier alpha value is -3.98. The third kappa shape index (κ3) is 5.91. The Morgan fingerprint density at radius 2 is 1.80 bits per heavy atom. The fourth-order valence-electron chi connectivity index (χ4n) is 6.03. The second kappa shape index (κ2) is 12.7. The summed E-state index contributed by atoms with van der Waals surface area (Å²) in [6, 6.07) is 18.1. The van der Waals surface area contributed by atoms with E-state index in [0.717, 1.165) is 30.6 Å². The van der Waals surface area contributed by atoms with Gasteiger partial charge < -0.3 is 29.0 Å². The zero-order chi connectivity index (χ0) is 28.9. The predicted molar refractivity (Wildman–Crippen MR) is 154 cm³/mol. The van der Waals surface area contributed by atoms with Gasteiger partial charge in [-0.1, -0.05) is 37.6 Å². The standard InChI is InChI=1S/C32H37FN2O6/c1-4-5-13-34(23-9-7-6-8-10-23)14-15-35-19-24(22-17-27(39-3)31-28(18-22)40-20-41-31)29(32(36)37)30(35)21-11-12-26(38-2)25(33)16-21/h6-12,16-18,24,29-30H,4-5,13-15,19-20H2,1-3H3,(H,36,37)/t24-,29+,30-/m1/s1. The summed E-state index contributed by atoms with van der Waals surface area (Å²) < 4.78 is 36.9. The van der Waals surface area contributed by atoms with Gasteiger partial charge in [-0.25, -0.2) is 4.39 Å². The molecule has 2 aliphatic rings. The molecule has 1 N–H and O–H groups in total. The van der Waals surface area contributed by atoms with Gasteiger partial charge in [-0.3, -0.25) is 9.69 Å². The molecule has 2 heterocycles. The Balaban J connectivity index is 1.52. The van der Waals surface area contributed by atoms with E-state index in [4.69, 9.17) is 18.9 Å². The number of ether oxygens (including phenoxy) is 4. The summed E-state index contributed by atoms with van der Waals surface area (Å²) in [6.45, 7) is 4.89. The van der Waals surface area contributed by atoms with Crippen molar-refractivity contribution in [3.05, 3.63) is 77.6 Å². The highest BCUT2D eigenvalue weighted by atomic mass is 19.1. The fraction of sp³-hybridized carbons (Fsp3) is 0.406. The van der Waals surface area contributed by atoms with E-state index in [1.807, 2.05) is 30.3 Å². The quantitative estimate of drug-likeness (QED) is 0.299. The Morgan fingerprint density at radius 3 is 2.49 bits per heavy atom. The molecule has 0 spiro atoms. The highest BCUT2D eigenvalue weighted by Crippen LogP contribution is 2.50. The molecule has 3 aromatic carbocycles. The number of nitrogens with zero attached hydrogens (tertiary/aromatic N) is 2. The number of carbonyl (C=O) groups is 1. The summed E-state index contributed by atoms with van der Waals surface area (Å²) >= 11 is 0. The number of hydrogen-bond acceptors (Lipinski definition) is 7. The van der Waals surface area contributed by atoms with Crippen LogP contribution in [0.3, 0.4) is 0 Å². The normalized spacial score (nSPS) is 19.8. The molecular weight excluding hydrogens is 527 g/mol. The first-order chi connectivity index (χ1) is 19.9. The first-order valence-electron chi connectivity index (χ1n) is 14.0. The SMILES string of the molecule is CCCCN(CCN1C[C@H](c2cc(OC)c3c(c2)OCO3)[C@H](C(=O)O)[C@H]1c1ccc(OC)c(F)c1)c1ccccc1. The van der Waals surface area contributed by atoms with E-state index in [0.29, 0.717) is 42.4 Å². The van der Waals surface area contributed by atoms with Gasteiger partial charge in [0.15, 0.2) is 23.1 Å². The number of anilines is 1. The minimum absolute atomic E-state index is 0.0785. The molecule has 1 fully saturated rings. The lowest BCUT2D eigenvalue weighted by Crippen LogP contribution is -2.37. The lowest BCUT2D eigenvalue weighted by molar-refractivity contribution is -0.143. The van der Waals surface area contributed by atoms with E-state index in [-0.39, 0.29) is 12.5 Å². The molecule has 9 heteroatoms. The average molecular weight is 565 g/mol. The second-order valence-electron chi connectivity index (χ2n) is 10.4. The van der Waals surface area contributed by atoms with E-state index in [9.17, 15) is 14.3 Å². The van der Waals surface area contributed by atoms with Crippen molar-refractivity contribution >= 4 is 11.7 Å². The molecule has 41 heavy (non-hydrogen) atoms. The number of unbranched alkanes of at least 4 members (excludes halogenated alkanes) is 1. The van der Waals surface area contributed by atoms with Crippen molar-refractivity contribution in [1.82, 2.24) is 4.90 Å². The summed E-state index contributed by atoms with van der Waals surface area (Å²) in [6.07, 6.45) is 2.11. The molecule has 3 atom stereocenters. The molecule has 0 unspecified atom stereocenters. The second-order valence-corrected chi connectivity index (χ2v) is 10.4. The van der Waals surface area contributed by atoms with Gasteiger partial charge in [0.05, 0.1) is 20.1 Å². The Morgan fingerprint density at radius 1 is 1.02 bits per heavy atom. The monoisotopic (exact) mass is 564 g/mol. The number of aliphatic carboxylic acids is 1. The summed E-state index contributed by atoms with van der Waals surface area (Å²) in [5, 5.41) is 10.6. The number of hydrogen-bond donors (Lipinski definition) is 1. The van der Waals surface area contributed by atoms with Crippen molar-refractivity contribution in [3.8, 4) is 23.0 Å². The van der Waals surface area contributed by atoms with Crippen LogP contribution in [0.4, 0.5) is 10.1 Å². The molecule has 3 aromatic rings. The summed E-state index contributed by atoms with van der Waals surface area (Å²) in [5.41, 5.74) is 2.51. The first-order valence-corrected chi connectivity index (χ1v) is 14.0. The minimum Gasteiger partial charge on any atom is -0.494 e. The van der Waals surface area contributed by atoms with Gasteiger partial charge in [-0.2, -0.15) is 0 Å². The van der Waals surface area contributed by atoms with Crippen molar-refractivity contribution in [3.63, 3.8) is 0 Å². The summed E-state index contributed by atoms with van der Waals surface area (Å²) in [4.78, 5) is 17.5. The third-order valence-electron chi connectivity index (χ3n) is 8.07. The van der Waals surface area contributed by atoms with Crippen LogP contribution >= 0.6 is 0 Å².